The zero-order valence-corrected chi connectivity index (χ0v) is 16.4. The molecule has 1 fully saturated rings. The maximum absolute atomic E-state index is 13.5. The first-order valence-corrected chi connectivity index (χ1v) is 9.96. The lowest BCUT2D eigenvalue weighted by Crippen LogP contribution is -2.43. The summed E-state index contributed by atoms with van der Waals surface area (Å²) in [7, 11) is 0. The van der Waals surface area contributed by atoms with Gasteiger partial charge in [-0.05, 0) is 36.2 Å². The maximum Gasteiger partial charge on any atom is 0.270 e. The summed E-state index contributed by atoms with van der Waals surface area (Å²) in [5.41, 5.74) is 2.22. The average Bonchev–Trinajstić information content (AvgIpc) is 3.08. The van der Waals surface area contributed by atoms with E-state index in [1.165, 1.54) is 12.1 Å². The van der Waals surface area contributed by atoms with E-state index in [0.29, 0.717) is 37.1 Å². The summed E-state index contributed by atoms with van der Waals surface area (Å²) in [5, 5.41) is 0.664. The van der Waals surface area contributed by atoms with E-state index >= 15 is 0 Å². The second kappa shape index (κ2) is 8.07. The number of rotatable bonds is 4. The number of halogens is 1. The number of benzene rings is 2. The third-order valence-corrected chi connectivity index (χ3v) is 5.56. The zero-order chi connectivity index (χ0) is 20.4. The second-order valence-electron chi connectivity index (χ2n) is 7.49. The summed E-state index contributed by atoms with van der Waals surface area (Å²) in [6.07, 6.45) is 1.06. The molecule has 0 radical (unpaired) electrons. The van der Waals surface area contributed by atoms with E-state index in [1.54, 1.807) is 17.0 Å². The van der Waals surface area contributed by atoms with Gasteiger partial charge >= 0.3 is 0 Å². The van der Waals surface area contributed by atoms with Crippen LogP contribution in [0.15, 0.2) is 54.6 Å². The molecule has 2 heterocycles. The molecular weight excluding hydrogens is 369 g/mol. The molecule has 1 aliphatic rings. The number of fused-ring (bicyclic) bond motifs is 1. The topological polar surface area (TPSA) is 56.4 Å². The second-order valence-corrected chi connectivity index (χ2v) is 7.49. The van der Waals surface area contributed by atoms with Crippen LogP contribution < -0.4 is 0 Å². The third-order valence-electron chi connectivity index (χ3n) is 5.56. The van der Waals surface area contributed by atoms with E-state index in [-0.39, 0.29) is 23.7 Å². The minimum atomic E-state index is -0.335. The van der Waals surface area contributed by atoms with Gasteiger partial charge in [-0.3, -0.25) is 9.59 Å². The predicted octanol–water partition coefficient (Wildman–Crippen LogP) is 3.96. The first-order chi connectivity index (χ1) is 14.0. The molecule has 0 aliphatic carbocycles. The van der Waals surface area contributed by atoms with Crippen LogP contribution in [0.5, 0.6) is 0 Å². The van der Waals surface area contributed by atoms with Crippen molar-refractivity contribution in [2.24, 2.45) is 0 Å². The highest BCUT2D eigenvalue weighted by Gasteiger charge is 2.31. The van der Waals surface area contributed by atoms with Crippen molar-refractivity contribution in [3.05, 3.63) is 71.7 Å². The van der Waals surface area contributed by atoms with E-state index in [9.17, 15) is 14.0 Å². The smallest absolute Gasteiger partial charge is 0.270 e. The Morgan fingerprint density at radius 3 is 2.72 bits per heavy atom. The standard InChI is InChI=1S/C23H24FN3O2/c1-2-19-15-26(11-10-22(28)27(19)14-16-6-4-3-5-7-16)23(29)21-13-17-12-18(24)8-9-20(17)25-21/h3-9,12-13,19,25H,2,10-11,14-15H2,1H3. The number of hydrogen-bond acceptors (Lipinski definition) is 2. The van der Waals surface area contributed by atoms with Crippen LogP contribution in [0.4, 0.5) is 4.39 Å². The molecule has 1 aromatic heterocycles. The van der Waals surface area contributed by atoms with Crippen molar-refractivity contribution in [1.29, 1.82) is 0 Å². The fraction of sp³-hybridized carbons (Fsp3) is 0.304. The summed E-state index contributed by atoms with van der Waals surface area (Å²) in [6, 6.07) is 15.9. The lowest BCUT2D eigenvalue weighted by molar-refractivity contribution is -0.133. The fourth-order valence-electron chi connectivity index (χ4n) is 3.94. The maximum atomic E-state index is 13.5. The molecular formula is C23H24FN3O2. The van der Waals surface area contributed by atoms with Gasteiger partial charge in [-0.25, -0.2) is 4.39 Å². The zero-order valence-electron chi connectivity index (χ0n) is 16.4. The highest BCUT2D eigenvalue weighted by atomic mass is 19.1. The van der Waals surface area contributed by atoms with E-state index in [0.717, 1.165) is 17.5 Å². The molecule has 1 atom stereocenters. The number of nitrogens with one attached hydrogen (secondary N) is 1. The van der Waals surface area contributed by atoms with E-state index in [2.05, 4.69) is 4.98 Å². The molecule has 2 aromatic carbocycles. The van der Waals surface area contributed by atoms with Crippen LogP contribution >= 0.6 is 0 Å². The van der Waals surface area contributed by atoms with Crippen LogP contribution in [0.25, 0.3) is 10.9 Å². The molecule has 0 saturated carbocycles. The number of hydrogen-bond donors (Lipinski definition) is 1. The number of aromatic nitrogens is 1. The summed E-state index contributed by atoms with van der Waals surface area (Å²) < 4.78 is 13.5. The molecule has 1 unspecified atom stereocenters. The Balaban J connectivity index is 1.55. The normalized spacial score (nSPS) is 17.6. The van der Waals surface area contributed by atoms with E-state index in [4.69, 9.17) is 0 Å². The highest BCUT2D eigenvalue weighted by Crippen LogP contribution is 2.21. The Morgan fingerprint density at radius 1 is 1.17 bits per heavy atom. The van der Waals surface area contributed by atoms with Gasteiger partial charge in [0.2, 0.25) is 5.91 Å². The Hall–Kier alpha value is -3.15. The quantitative estimate of drug-likeness (QED) is 0.729. The molecule has 0 bridgehead atoms. The van der Waals surface area contributed by atoms with E-state index in [1.807, 2.05) is 42.2 Å². The molecule has 4 rings (SSSR count). The number of amides is 2. The molecule has 5 nitrogen and oxygen atoms in total. The van der Waals surface area contributed by atoms with Gasteiger partial charge in [-0.2, -0.15) is 0 Å². The van der Waals surface area contributed by atoms with Crippen molar-refractivity contribution in [2.45, 2.75) is 32.4 Å². The Bertz CT molecular complexity index is 1030. The highest BCUT2D eigenvalue weighted by molar-refractivity contribution is 5.98. The van der Waals surface area contributed by atoms with Crippen LogP contribution in [0.2, 0.25) is 0 Å². The van der Waals surface area contributed by atoms with Gasteiger partial charge in [0.25, 0.3) is 5.91 Å². The molecule has 3 aromatic rings. The summed E-state index contributed by atoms with van der Waals surface area (Å²) in [4.78, 5) is 32.6. The number of H-pyrrole nitrogens is 1. The Labute approximate surface area is 169 Å². The van der Waals surface area contributed by atoms with Crippen molar-refractivity contribution in [3.63, 3.8) is 0 Å². The van der Waals surface area contributed by atoms with Gasteiger partial charge in [-0.15, -0.1) is 0 Å². The summed E-state index contributed by atoms with van der Waals surface area (Å²) in [6.45, 7) is 3.45. The predicted molar refractivity (Wildman–Crippen MR) is 110 cm³/mol. The van der Waals surface area contributed by atoms with Crippen LogP contribution in [0, 0.1) is 5.82 Å². The van der Waals surface area contributed by atoms with Crippen molar-refractivity contribution in [3.8, 4) is 0 Å². The fourth-order valence-corrected chi connectivity index (χ4v) is 3.94. The molecule has 2 amide bonds. The van der Waals surface area contributed by atoms with Crippen molar-refractivity contribution >= 4 is 22.7 Å². The van der Waals surface area contributed by atoms with Crippen LogP contribution in [0.3, 0.4) is 0 Å². The molecule has 1 N–H and O–H groups in total. The molecule has 0 spiro atoms. The first kappa shape index (κ1) is 19.2. The van der Waals surface area contributed by atoms with Gasteiger partial charge in [0, 0.05) is 43.0 Å². The SMILES string of the molecule is CCC1CN(C(=O)c2cc3cc(F)ccc3[nH]2)CCC(=O)N1Cc1ccccc1. The molecule has 150 valence electrons. The number of aromatic amines is 1. The van der Waals surface area contributed by atoms with Gasteiger partial charge in [0.05, 0.1) is 0 Å². The molecule has 1 aliphatic heterocycles. The molecule has 6 heteroatoms. The van der Waals surface area contributed by atoms with Gasteiger partial charge in [0.1, 0.15) is 11.5 Å². The minimum absolute atomic E-state index is 0.0454. The van der Waals surface area contributed by atoms with Crippen molar-refractivity contribution in [2.75, 3.05) is 13.1 Å². The number of carbonyl (C=O) groups is 2. The van der Waals surface area contributed by atoms with Crippen LogP contribution in [-0.2, 0) is 11.3 Å². The lowest BCUT2D eigenvalue weighted by atomic mass is 10.1. The first-order valence-electron chi connectivity index (χ1n) is 9.96. The number of nitrogens with zero attached hydrogens (tertiary/aromatic N) is 2. The summed E-state index contributed by atoms with van der Waals surface area (Å²) in [5.74, 6) is -0.428. The van der Waals surface area contributed by atoms with Crippen LogP contribution in [0.1, 0.15) is 35.8 Å². The third kappa shape index (κ3) is 4.01. The number of carbonyl (C=O) groups excluding carboxylic acids is 2. The van der Waals surface area contributed by atoms with E-state index < -0.39 is 0 Å². The monoisotopic (exact) mass is 393 g/mol. The minimum Gasteiger partial charge on any atom is -0.351 e. The van der Waals surface area contributed by atoms with Gasteiger partial charge in [-0.1, -0.05) is 37.3 Å². The van der Waals surface area contributed by atoms with Crippen molar-refractivity contribution < 1.29 is 14.0 Å². The largest absolute Gasteiger partial charge is 0.351 e. The van der Waals surface area contributed by atoms with Crippen molar-refractivity contribution in [1.82, 2.24) is 14.8 Å². The van der Waals surface area contributed by atoms with Crippen LogP contribution in [-0.4, -0.2) is 45.7 Å². The molecule has 1 saturated heterocycles. The average molecular weight is 393 g/mol. The van der Waals surface area contributed by atoms with Gasteiger partial charge in [0.15, 0.2) is 0 Å². The summed E-state index contributed by atoms with van der Waals surface area (Å²) >= 11 is 0. The molecule has 29 heavy (non-hydrogen) atoms. The Kier molecular flexibility index (Phi) is 5.34. The van der Waals surface area contributed by atoms with Gasteiger partial charge < -0.3 is 14.8 Å². The lowest BCUT2D eigenvalue weighted by Gasteiger charge is -2.31. The Morgan fingerprint density at radius 2 is 1.97 bits per heavy atom.